The fourth-order valence-electron chi connectivity index (χ4n) is 2.33. The maximum Gasteiger partial charge on any atom is 0.323 e. The summed E-state index contributed by atoms with van der Waals surface area (Å²) in [5.41, 5.74) is 0.837. The standard InChI is InChI=1S/C14H18ClNO3/c1-19-9-13(10-5-6-10)16(8-14(17)18)12-4-2-3-11(15)7-12/h2-4,7,10,13H,5-6,8-9H2,1H3,(H,17,18). The van der Waals surface area contributed by atoms with Crippen LogP contribution in [0.4, 0.5) is 5.69 Å². The van der Waals surface area contributed by atoms with Crippen molar-refractivity contribution >= 4 is 23.3 Å². The number of halogens is 1. The van der Waals surface area contributed by atoms with Gasteiger partial charge in [0.2, 0.25) is 0 Å². The quantitative estimate of drug-likeness (QED) is 0.836. The molecule has 1 unspecified atom stereocenters. The molecule has 0 aromatic heterocycles. The summed E-state index contributed by atoms with van der Waals surface area (Å²) in [6.45, 7) is 0.495. The first-order chi connectivity index (χ1) is 9.11. The Morgan fingerprint density at radius 1 is 1.58 bits per heavy atom. The Hall–Kier alpha value is -1.26. The molecule has 1 aromatic rings. The molecular weight excluding hydrogens is 266 g/mol. The van der Waals surface area contributed by atoms with Gasteiger partial charge in [-0.05, 0) is 37.0 Å². The van der Waals surface area contributed by atoms with Crippen LogP contribution < -0.4 is 4.90 Å². The third-order valence-electron chi connectivity index (χ3n) is 3.35. The summed E-state index contributed by atoms with van der Waals surface area (Å²) in [7, 11) is 1.65. The third kappa shape index (κ3) is 3.85. The van der Waals surface area contributed by atoms with Crippen molar-refractivity contribution in [3.8, 4) is 0 Å². The molecule has 1 fully saturated rings. The van der Waals surface area contributed by atoms with Gasteiger partial charge >= 0.3 is 5.97 Å². The number of carboxylic acid groups (broad SMARTS) is 1. The van der Waals surface area contributed by atoms with Crippen LogP contribution in [0, 0.1) is 5.92 Å². The Labute approximate surface area is 117 Å². The smallest absolute Gasteiger partial charge is 0.323 e. The first-order valence-electron chi connectivity index (χ1n) is 6.34. The molecule has 0 amide bonds. The van der Waals surface area contributed by atoms with Crippen LogP contribution in [-0.4, -0.2) is 37.4 Å². The number of hydrogen-bond donors (Lipinski definition) is 1. The first-order valence-corrected chi connectivity index (χ1v) is 6.72. The van der Waals surface area contributed by atoms with Crippen molar-refractivity contribution in [3.05, 3.63) is 29.3 Å². The summed E-state index contributed by atoms with van der Waals surface area (Å²) in [6.07, 6.45) is 2.26. The molecule has 0 saturated heterocycles. The van der Waals surface area contributed by atoms with Crippen LogP contribution >= 0.6 is 11.6 Å². The summed E-state index contributed by atoms with van der Waals surface area (Å²) in [6, 6.07) is 7.41. The Bertz CT molecular complexity index is 448. The van der Waals surface area contributed by atoms with E-state index < -0.39 is 5.97 Å². The Morgan fingerprint density at radius 2 is 2.32 bits per heavy atom. The number of carbonyl (C=O) groups is 1. The number of nitrogens with zero attached hydrogens (tertiary/aromatic N) is 1. The van der Waals surface area contributed by atoms with Gasteiger partial charge in [-0.25, -0.2) is 0 Å². The normalized spacial score (nSPS) is 16.1. The molecule has 1 aliphatic carbocycles. The fourth-order valence-corrected chi connectivity index (χ4v) is 2.52. The molecule has 0 aliphatic heterocycles. The lowest BCUT2D eigenvalue weighted by Crippen LogP contribution is -2.43. The zero-order valence-corrected chi connectivity index (χ0v) is 11.6. The average Bonchev–Trinajstić information content (AvgIpc) is 3.17. The van der Waals surface area contributed by atoms with Gasteiger partial charge in [0.25, 0.3) is 0 Å². The van der Waals surface area contributed by atoms with Gasteiger partial charge in [0.1, 0.15) is 6.54 Å². The molecule has 0 heterocycles. The molecule has 1 aliphatic rings. The zero-order chi connectivity index (χ0) is 13.8. The molecule has 4 nitrogen and oxygen atoms in total. The predicted octanol–water partition coefficient (Wildman–Crippen LogP) is 2.66. The highest BCUT2D eigenvalue weighted by atomic mass is 35.5. The number of hydrogen-bond acceptors (Lipinski definition) is 3. The van der Waals surface area contributed by atoms with E-state index in [0.29, 0.717) is 17.5 Å². The van der Waals surface area contributed by atoms with E-state index in [-0.39, 0.29) is 12.6 Å². The highest BCUT2D eigenvalue weighted by Crippen LogP contribution is 2.37. The zero-order valence-electron chi connectivity index (χ0n) is 10.9. The minimum Gasteiger partial charge on any atom is -0.480 e. The van der Waals surface area contributed by atoms with Crippen molar-refractivity contribution in [2.45, 2.75) is 18.9 Å². The summed E-state index contributed by atoms with van der Waals surface area (Å²) in [4.78, 5) is 13.0. The molecule has 1 atom stereocenters. The van der Waals surface area contributed by atoms with Crippen molar-refractivity contribution in [1.82, 2.24) is 0 Å². The van der Waals surface area contributed by atoms with E-state index in [1.165, 1.54) is 0 Å². The summed E-state index contributed by atoms with van der Waals surface area (Å²) in [5.74, 6) is -0.333. The number of carboxylic acids is 1. The van der Waals surface area contributed by atoms with E-state index in [1.54, 1.807) is 19.2 Å². The largest absolute Gasteiger partial charge is 0.480 e. The Kier molecular flexibility index (Phi) is 4.66. The van der Waals surface area contributed by atoms with Gasteiger partial charge in [-0.3, -0.25) is 4.79 Å². The topological polar surface area (TPSA) is 49.8 Å². The second-order valence-corrected chi connectivity index (χ2v) is 5.30. The van der Waals surface area contributed by atoms with Gasteiger partial charge in [-0.1, -0.05) is 17.7 Å². The lowest BCUT2D eigenvalue weighted by Gasteiger charge is -2.32. The van der Waals surface area contributed by atoms with Crippen LogP contribution in [0.2, 0.25) is 5.02 Å². The summed E-state index contributed by atoms with van der Waals surface area (Å²) >= 11 is 6.00. The number of methoxy groups -OCH3 is 1. The summed E-state index contributed by atoms with van der Waals surface area (Å²) < 4.78 is 5.25. The van der Waals surface area contributed by atoms with Crippen LogP contribution in [0.25, 0.3) is 0 Å². The molecule has 19 heavy (non-hydrogen) atoms. The molecule has 0 radical (unpaired) electrons. The predicted molar refractivity (Wildman–Crippen MR) is 74.8 cm³/mol. The van der Waals surface area contributed by atoms with Gasteiger partial charge < -0.3 is 14.7 Å². The lowest BCUT2D eigenvalue weighted by atomic mass is 10.1. The SMILES string of the molecule is COCC(C1CC1)N(CC(=O)O)c1cccc(Cl)c1. The number of benzene rings is 1. The molecule has 1 saturated carbocycles. The monoisotopic (exact) mass is 283 g/mol. The molecular formula is C14H18ClNO3. The molecule has 1 aromatic carbocycles. The van der Waals surface area contributed by atoms with Crippen LogP contribution in [-0.2, 0) is 9.53 Å². The van der Waals surface area contributed by atoms with Crippen molar-refractivity contribution in [1.29, 1.82) is 0 Å². The Morgan fingerprint density at radius 3 is 2.84 bits per heavy atom. The number of aliphatic carboxylic acids is 1. The van der Waals surface area contributed by atoms with Crippen molar-refractivity contribution in [2.75, 3.05) is 25.2 Å². The molecule has 1 N–H and O–H groups in total. The van der Waals surface area contributed by atoms with Crippen LogP contribution in [0.15, 0.2) is 24.3 Å². The van der Waals surface area contributed by atoms with Crippen LogP contribution in [0.3, 0.4) is 0 Å². The highest BCUT2D eigenvalue weighted by Gasteiger charge is 2.36. The molecule has 5 heteroatoms. The van der Waals surface area contributed by atoms with E-state index in [1.807, 2.05) is 17.0 Å². The van der Waals surface area contributed by atoms with Crippen molar-refractivity contribution in [2.24, 2.45) is 5.92 Å². The maximum absolute atomic E-state index is 11.1. The van der Waals surface area contributed by atoms with Gasteiger partial charge in [-0.15, -0.1) is 0 Å². The van der Waals surface area contributed by atoms with Crippen molar-refractivity contribution < 1.29 is 14.6 Å². The van der Waals surface area contributed by atoms with Gasteiger partial charge in [-0.2, -0.15) is 0 Å². The first kappa shape index (κ1) is 14.2. The van der Waals surface area contributed by atoms with E-state index in [4.69, 9.17) is 21.4 Å². The van der Waals surface area contributed by atoms with E-state index in [9.17, 15) is 4.79 Å². The molecule has 2 rings (SSSR count). The molecule has 0 spiro atoms. The van der Waals surface area contributed by atoms with Gasteiger partial charge in [0, 0.05) is 17.8 Å². The third-order valence-corrected chi connectivity index (χ3v) is 3.58. The number of ether oxygens (including phenoxy) is 1. The minimum absolute atomic E-state index is 0.0368. The minimum atomic E-state index is -0.846. The average molecular weight is 284 g/mol. The molecule has 104 valence electrons. The second-order valence-electron chi connectivity index (χ2n) is 4.86. The van der Waals surface area contributed by atoms with E-state index in [2.05, 4.69) is 0 Å². The summed E-state index contributed by atoms with van der Waals surface area (Å²) in [5, 5.41) is 9.73. The van der Waals surface area contributed by atoms with E-state index >= 15 is 0 Å². The number of rotatable bonds is 7. The Balaban J connectivity index is 2.25. The highest BCUT2D eigenvalue weighted by molar-refractivity contribution is 6.30. The fraction of sp³-hybridized carbons (Fsp3) is 0.500. The van der Waals surface area contributed by atoms with Gasteiger partial charge in [0.05, 0.1) is 12.6 Å². The van der Waals surface area contributed by atoms with Crippen molar-refractivity contribution in [3.63, 3.8) is 0 Å². The lowest BCUT2D eigenvalue weighted by molar-refractivity contribution is -0.135. The van der Waals surface area contributed by atoms with E-state index in [0.717, 1.165) is 18.5 Å². The van der Waals surface area contributed by atoms with Crippen LogP contribution in [0.5, 0.6) is 0 Å². The van der Waals surface area contributed by atoms with Gasteiger partial charge in [0.15, 0.2) is 0 Å². The molecule has 0 bridgehead atoms. The number of anilines is 1. The second kappa shape index (κ2) is 6.26. The maximum atomic E-state index is 11.1. The van der Waals surface area contributed by atoms with Crippen LogP contribution in [0.1, 0.15) is 12.8 Å².